The van der Waals surface area contributed by atoms with Crippen molar-refractivity contribution in [2.75, 3.05) is 0 Å². The molecule has 0 aromatic heterocycles. The molecule has 0 aliphatic heterocycles. The van der Waals surface area contributed by atoms with Gasteiger partial charge in [-0.1, -0.05) is 0 Å². The van der Waals surface area contributed by atoms with Crippen LogP contribution < -0.4 is 0 Å². The molecule has 0 aromatic carbocycles. The minimum atomic E-state index is -0.708. The molecule has 0 bridgehead atoms. The number of carbonyl (C=O) groups is 1. The Bertz CT molecular complexity index is 36.5. The Morgan fingerprint density at radius 3 is 2.00 bits per heavy atom. The molecule has 1 N–H and O–H groups in total. The van der Waals surface area contributed by atoms with Gasteiger partial charge in [0.25, 0.3) is 0 Å². The smallest absolute Gasteiger partial charge is 1.00 e. The maximum Gasteiger partial charge on any atom is 1.00 e. The SMILES string of the molecule is Cl.O=[C](O)[Zn].[H+]. The van der Waals surface area contributed by atoms with Crippen molar-refractivity contribution in [1.29, 1.82) is 0 Å². The molecule has 0 aromatic rings. The fourth-order valence-electron chi connectivity index (χ4n) is 0. The summed E-state index contributed by atoms with van der Waals surface area (Å²) in [7, 11) is 0. The van der Waals surface area contributed by atoms with Gasteiger partial charge in [0, 0.05) is 0 Å². The molecule has 0 aliphatic carbocycles. The summed E-state index contributed by atoms with van der Waals surface area (Å²) >= 11 is 0.347. The standard InChI is InChI=1S/CHO2.ClH.Zn/c2-1-3;;/h(H,2,3);1H;/p+1. The van der Waals surface area contributed by atoms with Crippen LogP contribution in [0.3, 0.4) is 0 Å². The first-order chi connectivity index (χ1) is 1.73. The van der Waals surface area contributed by atoms with Crippen LogP contribution in [-0.2, 0) is 18.3 Å². The van der Waals surface area contributed by atoms with Gasteiger partial charge in [0.1, 0.15) is 0 Å². The van der Waals surface area contributed by atoms with E-state index >= 15 is 0 Å². The van der Waals surface area contributed by atoms with Gasteiger partial charge in [0.2, 0.25) is 0 Å². The first kappa shape index (κ1) is 9.04. The monoisotopic (exact) mass is 146 g/mol. The molecule has 0 amide bonds. The van der Waals surface area contributed by atoms with Crippen LogP contribution in [0.4, 0.5) is 4.79 Å². The minimum Gasteiger partial charge on any atom is 1.00 e. The second-order valence-corrected chi connectivity index (χ2v) is 1.66. The maximum absolute atomic E-state index is 9.06. The van der Waals surface area contributed by atoms with Gasteiger partial charge in [-0.2, -0.15) is 0 Å². The molecule has 0 fully saturated rings. The van der Waals surface area contributed by atoms with Crippen molar-refractivity contribution in [2.45, 2.75) is 0 Å². The summed E-state index contributed by atoms with van der Waals surface area (Å²) in [5.41, 5.74) is 0. The molecule has 5 heavy (non-hydrogen) atoms. The van der Waals surface area contributed by atoms with E-state index in [1.54, 1.807) is 0 Å². The average molecular weight is 148 g/mol. The van der Waals surface area contributed by atoms with Gasteiger partial charge in [-0.05, 0) is 0 Å². The molecule has 2 nitrogen and oxygen atoms in total. The first-order valence-electron chi connectivity index (χ1n) is 0.781. The molecule has 27 valence electrons. The van der Waals surface area contributed by atoms with Crippen LogP contribution in [0.15, 0.2) is 0 Å². The molecule has 0 radical (unpaired) electrons. The topological polar surface area (TPSA) is 37.3 Å². The normalized spacial score (nSPS) is 5.20. The minimum absolute atomic E-state index is 0. The van der Waals surface area contributed by atoms with Gasteiger partial charge >= 0.3 is 34.2 Å². The molecule has 0 heterocycles. The van der Waals surface area contributed by atoms with Crippen molar-refractivity contribution in [3.63, 3.8) is 0 Å². The molecule has 0 atom stereocenters. The van der Waals surface area contributed by atoms with Crippen molar-refractivity contribution in [1.82, 2.24) is 0 Å². The largest absolute Gasteiger partial charge is 1.00 e. The van der Waals surface area contributed by atoms with Crippen LogP contribution in [0.5, 0.6) is 0 Å². The Hall–Kier alpha value is 0.383. The third kappa shape index (κ3) is 169. The number of hydrogen-bond donors (Lipinski definition) is 1. The zero-order chi connectivity index (χ0) is 3.58. The summed E-state index contributed by atoms with van der Waals surface area (Å²) in [6.45, 7) is 0. The molecule has 0 spiro atoms. The van der Waals surface area contributed by atoms with Gasteiger partial charge in [-0.15, -0.1) is 12.4 Å². The number of rotatable bonds is 0. The fraction of sp³-hybridized carbons (Fsp3) is 0. The fourth-order valence-corrected chi connectivity index (χ4v) is 0. The summed E-state index contributed by atoms with van der Waals surface area (Å²) in [5.74, 6) is 0. The van der Waals surface area contributed by atoms with Crippen LogP contribution >= 0.6 is 12.4 Å². The third-order valence-corrected chi connectivity index (χ3v) is 0. The van der Waals surface area contributed by atoms with E-state index in [0.29, 0.717) is 18.3 Å². The molecule has 0 saturated heterocycles. The molecular weight excluding hydrogens is 145 g/mol. The van der Waals surface area contributed by atoms with Crippen LogP contribution in [0.1, 0.15) is 1.43 Å². The first-order valence-corrected chi connectivity index (χ1v) is 2.26. The Kier molecular flexibility index (Phi) is 7.92. The number of carboxylic acid groups (broad SMARTS) is 1. The van der Waals surface area contributed by atoms with E-state index in [2.05, 4.69) is 0 Å². The van der Waals surface area contributed by atoms with Gasteiger partial charge in [-0.3, -0.25) is 0 Å². The van der Waals surface area contributed by atoms with Crippen LogP contribution in [0.25, 0.3) is 0 Å². The van der Waals surface area contributed by atoms with E-state index in [0.717, 1.165) is 0 Å². The van der Waals surface area contributed by atoms with Crippen molar-refractivity contribution < 1.29 is 29.6 Å². The quantitative estimate of drug-likeness (QED) is 0.514. The van der Waals surface area contributed by atoms with Crippen molar-refractivity contribution >= 4 is 17.0 Å². The molecule has 0 unspecified atom stereocenters. The zero-order valence-corrected chi connectivity index (χ0v) is 6.25. The molecule has 0 aliphatic rings. The van der Waals surface area contributed by atoms with Crippen molar-refractivity contribution in [2.24, 2.45) is 0 Å². The summed E-state index contributed by atoms with van der Waals surface area (Å²) in [4.78, 5) is 9.06. The Labute approximate surface area is 47.1 Å². The van der Waals surface area contributed by atoms with Crippen molar-refractivity contribution in [3.8, 4) is 0 Å². The van der Waals surface area contributed by atoms with Crippen LogP contribution in [0, 0.1) is 0 Å². The summed E-state index contributed by atoms with van der Waals surface area (Å²) in [6, 6.07) is 0. The number of halogens is 1. The van der Waals surface area contributed by atoms with Gasteiger partial charge in [-0.25, -0.2) is 0 Å². The van der Waals surface area contributed by atoms with E-state index in [1.807, 2.05) is 0 Å². The van der Waals surface area contributed by atoms with E-state index < -0.39 is 4.56 Å². The van der Waals surface area contributed by atoms with E-state index in [4.69, 9.17) is 9.90 Å². The molecule has 0 saturated carbocycles. The second-order valence-electron chi connectivity index (χ2n) is 0.394. The second kappa shape index (κ2) is 4.38. The Morgan fingerprint density at radius 2 is 2.00 bits per heavy atom. The predicted molar refractivity (Wildman–Crippen MR) is 16.4 cm³/mol. The van der Waals surface area contributed by atoms with Gasteiger partial charge < -0.3 is 0 Å². The Balaban J connectivity index is -0.0000000450. The van der Waals surface area contributed by atoms with Crippen molar-refractivity contribution in [3.05, 3.63) is 0 Å². The van der Waals surface area contributed by atoms with E-state index in [1.165, 1.54) is 0 Å². The summed E-state index contributed by atoms with van der Waals surface area (Å²) in [6.07, 6.45) is 0. The van der Waals surface area contributed by atoms with Gasteiger partial charge in [0.05, 0.1) is 0 Å². The number of hydrogen-bond acceptors (Lipinski definition) is 1. The van der Waals surface area contributed by atoms with Crippen LogP contribution in [-0.4, -0.2) is 9.67 Å². The summed E-state index contributed by atoms with van der Waals surface area (Å²) < 4.78 is -0.708. The Morgan fingerprint density at radius 1 is 2.00 bits per heavy atom. The predicted octanol–water partition coefficient (Wildman–Crippen LogP) is 0.746. The molecule has 0 rings (SSSR count). The maximum atomic E-state index is 9.06. The zero-order valence-electron chi connectivity index (χ0n) is 3.47. The average Bonchev–Trinajstić information content (AvgIpc) is 0.811. The summed E-state index contributed by atoms with van der Waals surface area (Å²) in [5, 5.41) is 7.47. The molecular formula is CH3ClO2Zn+. The third-order valence-electron chi connectivity index (χ3n) is 0. The molecule has 4 heteroatoms. The van der Waals surface area contributed by atoms with E-state index in [-0.39, 0.29) is 13.8 Å². The van der Waals surface area contributed by atoms with E-state index in [9.17, 15) is 0 Å². The van der Waals surface area contributed by atoms with Gasteiger partial charge in [0.15, 0.2) is 0 Å². The van der Waals surface area contributed by atoms with Crippen LogP contribution in [0.2, 0.25) is 0 Å².